The molecule has 0 saturated carbocycles. The number of rotatable bonds is 5. The number of carbonyl (C=O) groups excluding carboxylic acids is 1. The monoisotopic (exact) mass is 302 g/mol. The molecule has 0 bridgehead atoms. The van der Waals surface area contributed by atoms with Gasteiger partial charge in [-0.25, -0.2) is 0 Å². The van der Waals surface area contributed by atoms with Crippen LogP contribution in [0, 0.1) is 0 Å². The number of ether oxygens (including phenoxy) is 1. The van der Waals surface area contributed by atoms with Gasteiger partial charge >= 0.3 is 0 Å². The van der Waals surface area contributed by atoms with E-state index in [2.05, 4.69) is 10.6 Å². The van der Waals surface area contributed by atoms with E-state index in [9.17, 15) is 4.79 Å². The van der Waals surface area contributed by atoms with Gasteiger partial charge < -0.3 is 19.8 Å². The maximum Gasteiger partial charge on any atom is 0.237 e. The van der Waals surface area contributed by atoms with Crippen LogP contribution in [-0.2, 0) is 4.79 Å². The van der Waals surface area contributed by atoms with Gasteiger partial charge in [-0.15, -0.1) is 0 Å². The van der Waals surface area contributed by atoms with E-state index in [4.69, 9.17) is 9.15 Å². The fourth-order valence-corrected chi connectivity index (χ4v) is 2.83. The smallest absolute Gasteiger partial charge is 0.237 e. The first-order chi connectivity index (χ1) is 10.7. The molecule has 0 spiro atoms. The Balaban J connectivity index is 1.77. The van der Waals surface area contributed by atoms with Gasteiger partial charge in [-0.05, 0) is 45.4 Å². The topological polar surface area (TPSA) is 63.5 Å². The van der Waals surface area contributed by atoms with Crippen molar-refractivity contribution in [3.8, 4) is 5.75 Å². The molecule has 1 aromatic heterocycles. The molecule has 5 nitrogen and oxygen atoms in total. The second-order valence-electron chi connectivity index (χ2n) is 5.64. The Morgan fingerprint density at radius 3 is 3.14 bits per heavy atom. The van der Waals surface area contributed by atoms with Gasteiger partial charge in [0.1, 0.15) is 5.76 Å². The molecule has 2 aromatic rings. The molecule has 2 atom stereocenters. The van der Waals surface area contributed by atoms with Crippen LogP contribution >= 0.6 is 0 Å². The van der Waals surface area contributed by atoms with Gasteiger partial charge in [0, 0.05) is 5.39 Å². The van der Waals surface area contributed by atoms with Crippen molar-refractivity contribution in [3.05, 3.63) is 30.0 Å². The summed E-state index contributed by atoms with van der Waals surface area (Å²) >= 11 is 0. The van der Waals surface area contributed by atoms with Gasteiger partial charge in [0.05, 0.1) is 18.7 Å². The predicted molar refractivity (Wildman–Crippen MR) is 85.0 cm³/mol. The van der Waals surface area contributed by atoms with Crippen LogP contribution in [0.2, 0.25) is 0 Å². The van der Waals surface area contributed by atoms with Crippen molar-refractivity contribution >= 4 is 16.9 Å². The number of carbonyl (C=O) groups is 1. The van der Waals surface area contributed by atoms with Crippen molar-refractivity contribution in [2.75, 3.05) is 13.2 Å². The normalized spacial score (nSPS) is 19.3. The Hall–Kier alpha value is -2.01. The molecule has 1 aliphatic heterocycles. The maximum absolute atomic E-state index is 12.2. The first-order valence-electron chi connectivity index (χ1n) is 7.88. The van der Waals surface area contributed by atoms with Crippen LogP contribution in [0.1, 0.15) is 38.5 Å². The number of amides is 1. The maximum atomic E-state index is 12.2. The van der Waals surface area contributed by atoms with Crippen LogP contribution in [-0.4, -0.2) is 25.1 Å². The lowest BCUT2D eigenvalue weighted by molar-refractivity contribution is -0.123. The Morgan fingerprint density at radius 1 is 1.55 bits per heavy atom. The SMILES string of the molecule is CCOc1cccc2cc(C(C)NC(=O)C3CCCN3)oc12. The standard InChI is InChI=1S/C17H22N2O3/c1-3-21-14-8-4-6-12-10-15(22-16(12)14)11(2)19-17(20)13-7-5-9-18-13/h4,6,8,10-11,13,18H,3,5,7,9H2,1-2H3,(H,19,20). The lowest BCUT2D eigenvalue weighted by Gasteiger charge is -2.15. The number of benzene rings is 1. The minimum atomic E-state index is -0.170. The number of hydrogen-bond acceptors (Lipinski definition) is 4. The van der Waals surface area contributed by atoms with Crippen molar-refractivity contribution in [1.29, 1.82) is 0 Å². The fourth-order valence-electron chi connectivity index (χ4n) is 2.83. The Kier molecular flexibility index (Phi) is 4.34. The van der Waals surface area contributed by atoms with Crippen molar-refractivity contribution < 1.29 is 13.9 Å². The summed E-state index contributed by atoms with van der Waals surface area (Å²) in [6, 6.07) is 7.54. The minimum Gasteiger partial charge on any atom is -0.490 e. The number of para-hydroxylation sites is 1. The predicted octanol–water partition coefficient (Wildman–Crippen LogP) is 2.76. The quantitative estimate of drug-likeness (QED) is 0.891. The van der Waals surface area contributed by atoms with Crippen LogP contribution in [0.4, 0.5) is 0 Å². The molecule has 1 amide bonds. The molecule has 1 aliphatic rings. The van der Waals surface area contributed by atoms with E-state index in [0.29, 0.717) is 6.61 Å². The highest BCUT2D eigenvalue weighted by Crippen LogP contribution is 2.31. The van der Waals surface area contributed by atoms with Gasteiger partial charge in [0.25, 0.3) is 0 Å². The van der Waals surface area contributed by atoms with E-state index in [1.807, 2.05) is 38.1 Å². The Bertz CT molecular complexity index is 659. The van der Waals surface area contributed by atoms with Gasteiger partial charge in [-0.1, -0.05) is 12.1 Å². The van der Waals surface area contributed by atoms with Crippen molar-refractivity contribution in [2.24, 2.45) is 0 Å². The average Bonchev–Trinajstić information content (AvgIpc) is 3.17. The van der Waals surface area contributed by atoms with Crippen LogP contribution in [0.15, 0.2) is 28.7 Å². The molecule has 3 rings (SSSR count). The minimum absolute atomic E-state index is 0.0375. The molecule has 1 fully saturated rings. The lowest BCUT2D eigenvalue weighted by Crippen LogP contribution is -2.41. The first-order valence-corrected chi connectivity index (χ1v) is 7.88. The van der Waals surface area contributed by atoms with Crippen molar-refractivity contribution in [2.45, 2.75) is 38.8 Å². The summed E-state index contributed by atoms with van der Waals surface area (Å²) in [7, 11) is 0. The molecule has 22 heavy (non-hydrogen) atoms. The molecule has 0 radical (unpaired) electrons. The zero-order valence-corrected chi connectivity index (χ0v) is 13.0. The van der Waals surface area contributed by atoms with E-state index in [-0.39, 0.29) is 18.0 Å². The third-order valence-corrected chi connectivity index (χ3v) is 3.99. The summed E-state index contributed by atoms with van der Waals surface area (Å²) in [5.41, 5.74) is 0.736. The molecule has 2 N–H and O–H groups in total. The van der Waals surface area contributed by atoms with E-state index in [0.717, 1.165) is 41.9 Å². The molecular weight excluding hydrogens is 280 g/mol. The summed E-state index contributed by atoms with van der Waals surface area (Å²) < 4.78 is 11.5. The molecular formula is C17H22N2O3. The highest BCUT2D eigenvalue weighted by molar-refractivity contribution is 5.85. The third-order valence-electron chi connectivity index (χ3n) is 3.99. The van der Waals surface area contributed by atoms with Crippen LogP contribution < -0.4 is 15.4 Å². The summed E-state index contributed by atoms with van der Waals surface area (Å²) in [5.74, 6) is 1.52. The van der Waals surface area contributed by atoms with Gasteiger partial charge in [0.2, 0.25) is 5.91 Å². The van der Waals surface area contributed by atoms with Gasteiger partial charge in [-0.2, -0.15) is 0 Å². The second-order valence-corrected chi connectivity index (χ2v) is 5.64. The van der Waals surface area contributed by atoms with Crippen molar-refractivity contribution in [1.82, 2.24) is 10.6 Å². The highest BCUT2D eigenvalue weighted by Gasteiger charge is 2.24. The molecule has 118 valence electrons. The van der Waals surface area contributed by atoms with Crippen molar-refractivity contribution in [3.63, 3.8) is 0 Å². The fraction of sp³-hybridized carbons (Fsp3) is 0.471. The molecule has 1 saturated heterocycles. The van der Waals surface area contributed by atoms with Crippen LogP contribution in [0.5, 0.6) is 5.75 Å². The zero-order valence-electron chi connectivity index (χ0n) is 13.0. The Morgan fingerprint density at radius 2 is 2.41 bits per heavy atom. The number of furan rings is 1. The zero-order chi connectivity index (χ0) is 15.5. The third kappa shape index (κ3) is 2.95. The largest absolute Gasteiger partial charge is 0.490 e. The molecule has 0 aliphatic carbocycles. The van der Waals surface area contributed by atoms with E-state index < -0.39 is 0 Å². The number of fused-ring (bicyclic) bond motifs is 1. The summed E-state index contributed by atoms with van der Waals surface area (Å²) in [4.78, 5) is 12.2. The van der Waals surface area contributed by atoms with Gasteiger partial charge in [-0.3, -0.25) is 4.79 Å². The summed E-state index contributed by atoms with van der Waals surface area (Å²) in [6.07, 6.45) is 1.95. The van der Waals surface area contributed by atoms with E-state index in [1.165, 1.54) is 0 Å². The highest BCUT2D eigenvalue weighted by atomic mass is 16.5. The summed E-state index contributed by atoms with van der Waals surface area (Å²) in [5, 5.41) is 7.20. The van der Waals surface area contributed by atoms with Crippen LogP contribution in [0.25, 0.3) is 11.0 Å². The van der Waals surface area contributed by atoms with Crippen LogP contribution in [0.3, 0.4) is 0 Å². The lowest BCUT2D eigenvalue weighted by atomic mass is 10.1. The molecule has 1 aromatic carbocycles. The molecule has 5 heteroatoms. The second kappa shape index (κ2) is 6.40. The van der Waals surface area contributed by atoms with Gasteiger partial charge in [0.15, 0.2) is 11.3 Å². The summed E-state index contributed by atoms with van der Waals surface area (Å²) in [6.45, 7) is 5.38. The Labute approximate surface area is 130 Å². The average molecular weight is 302 g/mol. The molecule has 2 heterocycles. The van der Waals surface area contributed by atoms with E-state index >= 15 is 0 Å². The number of hydrogen-bond donors (Lipinski definition) is 2. The first kappa shape index (κ1) is 14.9. The van der Waals surface area contributed by atoms with E-state index in [1.54, 1.807) is 0 Å². The number of nitrogens with one attached hydrogen (secondary N) is 2. The molecule has 2 unspecified atom stereocenters.